The van der Waals surface area contributed by atoms with Crippen molar-refractivity contribution in [3.05, 3.63) is 0 Å². The first-order chi connectivity index (χ1) is 8.65. The largest absolute Gasteiger partial charge is 0.329 e. The third-order valence-corrected chi connectivity index (χ3v) is 5.20. The average Bonchev–Trinajstić information content (AvgIpc) is 3.19. The van der Waals surface area contributed by atoms with Gasteiger partial charge in [-0.15, -0.1) is 0 Å². The molecule has 2 rings (SSSR count). The zero-order chi connectivity index (χ0) is 13.0. The molecule has 0 aliphatic heterocycles. The Morgan fingerprint density at radius 1 is 1.28 bits per heavy atom. The SMILES string of the molecule is CC(C)C1CCCC(CN)(NCCCC2CC2)C1. The molecule has 2 heteroatoms. The maximum Gasteiger partial charge on any atom is 0.0306 e. The highest BCUT2D eigenvalue weighted by atomic mass is 15.0. The lowest BCUT2D eigenvalue weighted by Crippen LogP contribution is -2.54. The Kier molecular flexibility index (Phi) is 5.08. The van der Waals surface area contributed by atoms with Gasteiger partial charge in [0, 0.05) is 12.1 Å². The fourth-order valence-corrected chi connectivity index (χ4v) is 3.55. The molecule has 0 aromatic carbocycles. The van der Waals surface area contributed by atoms with Crippen molar-refractivity contribution in [2.75, 3.05) is 13.1 Å². The van der Waals surface area contributed by atoms with Crippen LogP contribution in [-0.4, -0.2) is 18.6 Å². The monoisotopic (exact) mass is 252 g/mol. The van der Waals surface area contributed by atoms with Crippen molar-refractivity contribution in [3.8, 4) is 0 Å². The summed E-state index contributed by atoms with van der Waals surface area (Å²) in [6.07, 6.45) is 11.1. The molecule has 2 unspecified atom stereocenters. The van der Waals surface area contributed by atoms with Gasteiger partial charge in [-0.25, -0.2) is 0 Å². The molecule has 0 spiro atoms. The van der Waals surface area contributed by atoms with Crippen molar-refractivity contribution in [3.63, 3.8) is 0 Å². The fraction of sp³-hybridized carbons (Fsp3) is 1.00. The highest BCUT2D eigenvalue weighted by Gasteiger charge is 2.35. The van der Waals surface area contributed by atoms with Gasteiger partial charge in [0.15, 0.2) is 0 Å². The molecule has 18 heavy (non-hydrogen) atoms. The van der Waals surface area contributed by atoms with Crippen LogP contribution in [0.2, 0.25) is 0 Å². The molecule has 0 amide bonds. The lowest BCUT2D eigenvalue weighted by molar-refractivity contribution is 0.153. The summed E-state index contributed by atoms with van der Waals surface area (Å²) in [6.45, 7) is 6.73. The predicted molar refractivity (Wildman–Crippen MR) is 78.5 cm³/mol. The van der Waals surface area contributed by atoms with Gasteiger partial charge in [0.25, 0.3) is 0 Å². The van der Waals surface area contributed by atoms with Crippen molar-refractivity contribution >= 4 is 0 Å². The molecule has 2 aliphatic carbocycles. The molecule has 2 atom stereocenters. The highest BCUT2D eigenvalue weighted by Crippen LogP contribution is 2.36. The third kappa shape index (κ3) is 3.96. The number of nitrogens with one attached hydrogen (secondary N) is 1. The van der Waals surface area contributed by atoms with Gasteiger partial charge in [0.05, 0.1) is 0 Å². The van der Waals surface area contributed by atoms with Crippen molar-refractivity contribution < 1.29 is 0 Å². The summed E-state index contributed by atoms with van der Waals surface area (Å²) < 4.78 is 0. The Hall–Kier alpha value is -0.0800. The lowest BCUT2D eigenvalue weighted by atomic mass is 9.71. The van der Waals surface area contributed by atoms with Gasteiger partial charge in [-0.3, -0.25) is 0 Å². The maximum atomic E-state index is 6.09. The molecule has 0 aromatic rings. The Bertz CT molecular complexity index is 247. The zero-order valence-electron chi connectivity index (χ0n) is 12.4. The Morgan fingerprint density at radius 3 is 2.67 bits per heavy atom. The number of nitrogens with two attached hydrogens (primary N) is 1. The van der Waals surface area contributed by atoms with E-state index in [9.17, 15) is 0 Å². The maximum absolute atomic E-state index is 6.09. The second kappa shape index (κ2) is 6.38. The molecule has 2 aliphatic rings. The van der Waals surface area contributed by atoms with Gasteiger partial charge in [0.1, 0.15) is 0 Å². The predicted octanol–water partition coefficient (Wildman–Crippen LogP) is 3.31. The van der Waals surface area contributed by atoms with E-state index in [1.807, 2.05) is 0 Å². The number of hydrogen-bond donors (Lipinski definition) is 2. The van der Waals surface area contributed by atoms with Crippen molar-refractivity contribution in [2.24, 2.45) is 23.5 Å². The van der Waals surface area contributed by atoms with E-state index in [1.54, 1.807) is 0 Å². The van der Waals surface area contributed by atoms with Crippen LogP contribution in [0.1, 0.15) is 65.2 Å². The molecule has 0 saturated heterocycles. The molecule has 2 nitrogen and oxygen atoms in total. The molecule has 0 aromatic heterocycles. The van der Waals surface area contributed by atoms with E-state index in [-0.39, 0.29) is 5.54 Å². The molecular weight excluding hydrogens is 220 g/mol. The quantitative estimate of drug-likeness (QED) is 0.682. The van der Waals surface area contributed by atoms with Crippen LogP contribution in [0.4, 0.5) is 0 Å². The molecular formula is C16H32N2. The minimum absolute atomic E-state index is 0.261. The van der Waals surface area contributed by atoms with E-state index >= 15 is 0 Å². The minimum Gasteiger partial charge on any atom is -0.329 e. The minimum atomic E-state index is 0.261. The first-order valence-electron chi connectivity index (χ1n) is 8.10. The van der Waals surface area contributed by atoms with Crippen LogP contribution in [0, 0.1) is 17.8 Å². The van der Waals surface area contributed by atoms with Crippen molar-refractivity contribution in [2.45, 2.75) is 70.8 Å². The molecule has 0 bridgehead atoms. The van der Waals surface area contributed by atoms with E-state index in [2.05, 4.69) is 19.2 Å². The van der Waals surface area contributed by atoms with Crippen molar-refractivity contribution in [1.29, 1.82) is 0 Å². The summed E-state index contributed by atoms with van der Waals surface area (Å²) in [4.78, 5) is 0. The highest BCUT2D eigenvalue weighted by molar-refractivity contribution is 4.95. The standard InChI is InChI=1S/C16H32N2/c1-13(2)15-6-3-9-16(11-15,12-17)18-10-4-5-14-7-8-14/h13-15,18H,3-12,17H2,1-2H3. The smallest absolute Gasteiger partial charge is 0.0306 e. The van der Waals surface area contributed by atoms with Crippen LogP contribution in [0.15, 0.2) is 0 Å². The second-order valence-corrected chi connectivity index (χ2v) is 7.10. The molecule has 3 N–H and O–H groups in total. The average molecular weight is 252 g/mol. The Morgan fingerprint density at radius 2 is 2.06 bits per heavy atom. The zero-order valence-corrected chi connectivity index (χ0v) is 12.4. The number of rotatable bonds is 7. The topological polar surface area (TPSA) is 38.0 Å². The van der Waals surface area contributed by atoms with Gasteiger partial charge in [-0.2, -0.15) is 0 Å². The third-order valence-electron chi connectivity index (χ3n) is 5.20. The summed E-state index contributed by atoms with van der Waals surface area (Å²) in [5.41, 5.74) is 6.35. The van der Waals surface area contributed by atoms with E-state index in [1.165, 1.54) is 57.9 Å². The van der Waals surface area contributed by atoms with Gasteiger partial charge in [-0.05, 0) is 50.0 Å². The van der Waals surface area contributed by atoms with Crippen molar-refractivity contribution in [1.82, 2.24) is 5.32 Å². The lowest BCUT2D eigenvalue weighted by Gasteiger charge is -2.42. The Labute approximate surface area is 113 Å². The van der Waals surface area contributed by atoms with Crippen LogP contribution in [0.25, 0.3) is 0 Å². The molecule has 0 radical (unpaired) electrons. The van der Waals surface area contributed by atoms with E-state index in [4.69, 9.17) is 5.73 Å². The van der Waals surface area contributed by atoms with E-state index in [0.29, 0.717) is 0 Å². The van der Waals surface area contributed by atoms with Crippen LogP contribution >= 0.6 is 0 Å². The second-order valence-electron chi connectivity index (χ2n) is 7.10. The summed E-state index contributed by atoms with van der Waals surface area (Å²) in [5.74, 6) is 2.75. The van der Waals surface area contributed by atoms with Crippen LogP contribution in [-0.2, 0) is 0 Å². The Balaban J connectivity index is 1.76. The van der Waals surface area contributed by atoms with Gasteiger partial charge in [0.2, 0.25) is 0 Å². The van der Waals surface area contributed by atoms with Crippen LogP contribution < -0.4 is 11.1 Å². The van der Waals surface area contributed by atoms with Gasteiger partial charge in [-0.1, -0.05) is 39.5 Å². The fourth-order valence-electron chi connectivity index (χ4n) is 3.55. The van der Waals surface area contributed by atoms with Gasteiger partial charge >= 0.3 is 0 Å². The van der Waals surface area contributed by atoms with E-state index in [0.717, 1.165) is 24.3 Å². The van der Waals surface area contributed by atoms with Crippen LogP contribution in [0.3, 0.4) is 0 Å². The first-order valence-corrected chi connectivity index (χ1v) is 8.10. The molecule has 2 fully saturated rings. The van der Waals surface area contributed by atoms with E-state index < -0.39 is 0 Å². The number of hydrogen-bond acceptors (Lipinski definition) is 2. The molecule has 2 saturated carbocycles. The molecule has 0 heterocycles. The summed E-state index contributed by atoms with van der Waals surface area (Å²) in [6, 6.07) is 0. The summed E-state index contributed by atoms with van der Waals surface area (Å²) in [7, 11) is 0. The summed E-state index contributed by atoms with van der Waals surface area (Å²) >= 11 is 0. The normalized spacial score (nSPS) is 33.0. The molecule has 106 valence electrons. The first kappa shape index (κ1) is 14.3. The van der Waals surface area contributed by atoms with Crippen LogP contribution in [0.5, 0.6) is 0 Å². The summed E-state index contributed by atoms with van der Waals surface area (Å²) in [5, 5.41) is 3.83. The van der Waals surface area contributed by atoms with Gasteiger partial charge < -0.3 is 11.1 Å².